The Labute approximate surface area is 108 Å². The van der Waals surface area contributed by atoms with E-state index in [1.807, 2.05) is 43.3 Å². The van der Waals surface area contributed by atoms with E-state index in [4.69, 9.17) is 9.47 Å². The third-order valence-electron chi connectivity index (χ3n) is 3.06. The molecule has 0 amide bonds. The van der Waals surface area contributed by atoms with Gasteiger partial charge in [-0.15, -0.1) is 0 Å². The second-order valence-electron chi connectivity index (χ2n) is 4.89. The van der Waals surface area contributed by atoms with E-state index in [0.29, 0.717) is 13.2 Å². The van der Waals surface area contributed by atoms with E-state index < -0.39 is 6.10 Å². The summed E-state index contributed by atoms with van der Waals surface area (Å²) >= 11 is 0. The van der Waals surface area contributed by atoms with Crippen LogP contribution in [0.15, 0.2) is 42.5 Å². The largest absolute Gasteiger partial charge is 0.389 e. The highest BCUT2D eigenvalue weighted by Gasteiger charge is 2.50. The van der Waals surface area contributed by atoms with Crippen molar-refractivity contribution in [1.82, 2.24) is 0 Å². The van der Waals surface area contributed by atoms with Gasteiger partial charge in [-0.1, -0.05) is 42.5 Å². The van der Waals surface area contributed by atoms with Crippen molar-refractivity contribution < 1.29 is 14.6 Å². The Kier molecular flexibility index (Phi) is 4.17. The Balaban J connectivity index is 1.71. The van der Waals surface area contributed by atoms with Crippen molar-refractivity contribution in [2.45, 2.75) is 38.3 Å². The van der Waals surface area contributed by atoms with Crippen LogP contribution in [0.3, 0.4) is 0 Å². The van der Waals surface area contributed by atoms with Gasteiger partial charge >= 0.3 is 0 Å². The average Bonchev–Trinajstić information content (AvgIpc) is 3.00. The van der Waals surface area contributed by atoms with E-state index >= 15 is 0 Å². The molecule has 3 atom stereocenters. The van der Waals surface area contributed by atoms with Crippen LogP contribution in [0.1, 0.15) is 19.4 Å². The summed E-state index contributed by atoms with van der Waals surface area (Å²) in [6, 6.07) is 10.1. The van der Waals surface area contributed by atoms with Crippen molar-refractivity contribution in [2.24, 2.45) is 0 Å². The van der Waals surface area contributed by atoms with E-state index in [1.165, 1.54) is 5.56 Å². The standard InChI is InChI=1S/C15H20O3/c1-12(16)8-9-15(2)14(18-15)11-17-10-13-6-4-3-5-7-13/h3-9,12,14,16H,10-11H2,1-2H3/b9-8+/t12-,14-,15+/m1/s1. The van der Waals surface area contributed by atoms with Crippen LogP contribution in [0.2, 0.25) is 0 Å². The van der Waals surface area contributed by atoms with Gasteiger partial charge in [0.05, 0.1) is 19.3 Å². The molecule has 0 radical (unpaired) electrons. The van der Waals surface area contributed by atoms with Crippen LogP contribution in [-0.2, 0) is 16.1 Å². The van der Waals surface area contributed by atoms with Gasteiger partial charge in [0.2, 0.25) is 0 Å². The molecule has 0 bridgehead atoms. The van der Waals surface area contributed by atoms with E-state index in [0.717, 1.165) is 0 Å². The Morgan fingerprint density at radius 1 is 1.44 bits per heavy atom. The van der Waals surface area contributed by atoms with Gasteiger partial charge in [0.1, 0.15) is 11.7 Å². The maximum atomic E-state index is 9.18. The highest BCUT2D eigenvalue weighted by Crippen LogP contribution is 2.37. The zero-order valence-corrected chi connectivity index (χ0v) is 10.9. The molecule has 1 aliphatic rings. The number of epoxide rings is 1. The maximum Gasteiger partial charge on any atom is 0.114 e. The molecule has 1 aliphatic heterocycles. The van der Waals surface area contributed by atoms with Crippen molar-refractivity contribution >= 4 is 0 Å². The summed E-state index contributed by atoms with van der Waals surface area (Å²) in [5, 5.41) is 9.18. The van der Waals surface area contributed by atoms with Crippen LogP contribution in [0.25, 0.3) is 0 Å². The molecule has 1 aromatic carbocycles. The lowest BCUT2D eigenvalue weighted by Crippen LogP contribution is -2.12. The van der Waals surface area contributed by atoms with Gasteiger partial charge in [-0.25, -0.2) is 0 Å². The molecule has 3 heteroatoms. The monoisotopic (exact) mass is 248 g/mol. The third kappa shape index (κ3) is 3.67. The SMILES string of the molecule is C[C@@H](O)/C=C/[C@]1(C)O[C@@H]1COCc1ccccc1. The molecule has 1 saturated heterocycles. The first kappa shape index (κ1) is 13.3. The number of hydrogen-bond acceptors (Lipinski definition) is 3. The molecule has 3 nitrogen and oxygen atoms in total. The topological polar surface area (TPSA) is 42.0 Å². The maximum absolute atomic E-state index is 9.18. The fourth-order valence-corrected chi connectivity index (χ4v) is 1.81. The van der Waals surface area contributed by atoms with Gasteiger partial charge in [0.15, 0.2) is 0 Å². The van der Waals surface area contributed by atoms with Gasteiger partial charge < -0.3 is 14.6 Å². The van der Waals surface area contributed by atoms with Crippen LogP contribution in [0, 0.1) is 0 Å². The Morgan fingerprint density at radius 2 is 2.17 bits per heavy atom. The molecule has 0 unspecified atom stereocenters. The van der Waals surface area contributed by atoms with Crippen molar-refractivity contribution in [3.8, 4) is 0 Å². The lowest BCUT2D eigenvalue weighted by atomic mass is 10.1. The van der Waals surface area contributed by atoms with E-state index in [-0.39, 0.29) is 11.7 Å². The summed E-state index contributed by atoms with van der Waals surface area (Å²) in [6.45, 7) is 4.91. The zero-order valence-electron chi connectivity index (χ0n) is 10.9. The van der Waals surface area contributed by atoms with Crippen molar-refractivity contribution in [3.05, 3.63) is 48.0 Å². The molecule has 98 valence electrons. The smallest absolute Gasteiger partial charge is 0.114 e. The summed E-state index contributed by atoms with van der Waals surface area (Å²) < 4.78 is 11.2. The molecule has 1 N–H and O–H groups in total. The summed E-state index contributed by atoms with van der Waals surface area (Å²) in [4.78, 5) is 0. The first-order valence-electron chi connectivity index (χ1n) is 6.27. The molecule has 0 aliphatic carbocycles. The molecule has 0 saturated carbocycles. The van der Waals surface area contributed by atoms with Crippen LogP contribution in [0.4, 0.5) is 0 Å². The number of aliphatic hydroxyl groups excluding tert-OH is 1. The second-order valence-corrected chi connectivity index (χ2v) is 4.89. The lowest BCUT2D eigenvalue weighted by Gasteiger charge is -2.03. The summed E-state index contributed by atoms with van der Waals surface area (Å²) in [6.07, 6.45) is 3.32. The Hall–Kier alpha value is -1.16. The molecule has 18 heavy (non-hydrogen) atoms. The van der Waals surface area contributed by atoms with Crippen LogP contribution in [0.5, 0.6) is 0 Å². The third-order valence-corrected chi connectivity index (χ3v) is 3.06. The fraction of sp³-hybridized carbons (Fsp3) is 0.467. The van der Waals surface area contributed by atoms with Gasteiger partial charge in [0, 0.05) is 0 Å². The second kappa shape index (κ2) is 5.65. The minimum absolute atomic E-state index is 0.0937. The molecule has 1 heterocycles. The minimum atomic E-state index is -0.433. The molecule has 2 rings (SSSR count). The average molecular weight is 248 g/mol. The fourth-order valence-electron chi connectivity index (χ4n) is 1.81. The number of hydrogen-bond donors (Lipinski definition) is 1. The predicted octanol–water partition coefficient (Wildman–Crippen LogP) is 2.30. The van der Waals surface area contributed by atoms with Crippen LogP contribution >= 0.6 is 0 Å². The molecular formula is C15H20O3. The lowest BCUT2D eigenvalue weighted by molar-refractivity contribution is 0.104. The highest BCUT2D eigenvalue weighted by molar-refractivity contribution is 5.16. The molecule has 0 aromatic heterocycles. The number of benzene rings is 1. The molecule has 1 fully saturated rings. The van der Waals surface area contributed by atoms with Gasteiger partial charge in [-0.3, -0.25) is 0 Å². The van der Waals surface area contributed by atoms with E-state index in [2.05, 4.69) is 0 Å². The van der Waals surface area contributed by atoms with Gasteiger partial charge in [0.25, 0.3) is 0 Å². The Bertz CT molecular complexity index is 399. The summed E-state index contributed by atoms with van der Waals surface area (Å²) in [5.74, 6) is 0. The first-order chi connectivity index (χ1) is 8.60. The molecule has 1 aromatic rings. The number of ether oxygens (including phenoxy) is 2. The highest BCUT2D eigenvalue weighted by atomic mass is 16.6. The van der Waals surface area contributed by atoms with E-state index in [9.17, 15) is 5.11 Å². The van der Waals surface area contributed by atoms with E-state index in [1.54, 1.807) is 13.0 Å². The quantitative estimate of drug-likeness (QED) is 0.620. The van der Waals surface area contributed by atoms with Crippen molar-refractivity contribution in [3.63, 3.8) is 0 Å². The molecule has 0 spiro atoms. The summed E-state index contributed by atoms with van der Waals surface area (Å²) in [5.41, 5.74) is 0.896. The van der Waals surface area contributed by atoms with Crippen LogP contribution < -0.4 is 0 Å². The van der Waals surface area contributed by atoms with Crippen molar-refractivity contribution in [1.29, 1.82) is 0 Å². The van der Waals surface area contributed by atoms with Gasteiger partial charge in [-0.2, -0.15) is 0 Å². The predicted molar refractivity (Wildman–Crippen MR) is 70.2 cm³/mol. The molecular weight excluding hydrogens is 228 g/mol. The first-order valence-corrected chi connectivity index (χ1v) is 6.27. The Morgan fingerprint density at radius 3 is 2.83 bits per heavy atom. The number of rotatable bonds is 6. The van der Waals surface area contributed by atoms with Crippen molar-refractivity contribution in [2.75, 3.05) is 6.61 Å². The van der Waals surface area contributed by atoms with Crippen LogP contribution in [-0.4, -0.2) is 29.5 Å². The normalized spacial score (nSPS) is 28.5. The number of aliphatic hydroxyl groups is 1. The minimum Gasteiger partial charge on any atom is -0.389 e. The zero-order chi connectivity index (χ0) is 13.0. The summed E-state index contributed by atoms with van der Waals surface area (Å²) in [7, 11) is 0. The van der Waals surface area contributed by atoms with Gasteiger partial charge in [-0.05, 0) is 19.4 Å².